The van der Waals surface area contributed by atoms with Crippen LogP contribution >= 0.6 is 36.0 Å². The molecule has 88 valence electrons. The molecule has 1 nitrogen and oxygen atoms in total. The summed E-state index contributed by atoms with van der Waals surface area (Å²) in [7, 11) is 0. The Morgan fingerprint density at radius 3 is 2.44 bits per heavy atom. The molecule has 0 heterocycles. The topological polar surface area (TPSA) is 17.1 Å². The molecule has 0 amide bonds. The van der Waals surface area contributed by atoms with Gasteiger partial charge in [0.15, 0.2) is 0 Å². The van der Waals surface area contributed by atoms with E-state index in [0.717, 1.165) is 14.7 Å². The molecule has 0 atom stereocenters. The second kappa shape index (κ2) is 7.63. The van der Waals surface area contributed by atoms with Gasteiger partial charge in [0.05, 0.1) is 0 Å². The van der Waals surface area contributed by atoms with Crippen LogP contribution in [-0.2, 0) is 0 Å². The fourth-order valence-electron chi connectivity index (χ4n) is 1.33. The van der Waals surface area contributed by atoms with Gasteiger partial charge in [-0.05, 0) is 41.9 Å². The van der Waals surface area contributed by atoms with Crippen LogP contribution in [0.25, 0.3) is 0 Å². The molecule has 0 saturated heterocycles. The van der Waals surface area contributed by atoms with Crippen LogP contribution in [-0.4, -0.2) is 5.24 Å². The quantitative estimate of drug-likeness (QED) is 0.527. The maximum absolute atomic E-state index is 11.1. The molecular formula is C13H10ClNaOS2. The predicted molar refractivity (Wildman–Crippen MR) is 75.6 cm³/mol. The molecule has 0 radical (unpaired) electrons. The minimum Gasteiger partial charge on any atom is -1.00 e. The van der Waals surface area contributed by atoms with Crippen LogP contribution in [0.2, 0.25) is 0 Å². The molecule has 0 aliphatic heterocycles. The molecule has 2 aromatic rings. The number of carbonyl (C=O) groups is 1. The smallest absolute Gasteiger partial charge is 1.00 e. The Hall–Kier alpha value is 0.1000. The largest absolute Gasteiger partial charge is 1.00 e. The van der Waals surface area contributed by atoms with Gasteiger partial charge in [0.2, 0.25) is 0 Å². The number of thiol groups is 1. The summed E-state index contributed by atoms with van der Waals surface area (Å²) in [5, 5.41) is -0.451. The summed E-state index contributed by atoms with van der Waals surface area (Å²) in [6.45, 7) is 0. The van der Waals surface area contributed by atoms with Gasteiger partial charge in [-0.1, -0.05) is 30.0 Å². The molecule has 0 fully saturated rings. The number of rotatable bonds is 3. The van der Waals surface area contributed by atoms with Crippen LogP contribution < -0.4 is 29.6 Å². The molecular weight excluding hydrogens is 295 g/mol. The maximum atomic E-state index is 11.1. The van der Waals surface area contributed by atoms with Crippen molar-refractivity contribution in [3.8, 4) is 0 Å². The second-order valence-corrected chi connectivity index (χ2v) is 5.31. The fraction of sp³-hybridized carbons (Fsp3) is 0. The second-order valence-electron chi connectivity index (χ2n) is 3.37. The Kier molecular flexibility index (Phi) is 6.85. The van der Waals surface area contributed by atoms with Gasteiger partial charge in [-0.25, -0.2) is 0 Å². The predicted octanol–water partition coefficient (Wildman–Crippen LogP) is 1.62. The molecule has 0 spiro atoms. The summed E-state index contributed by atoms with van der Waals surface area (Å²) < 4.78 is 0. The Bertz CT molecular complexity index is 552. The van der Waals surface area contributed by atoms with E-state index in [-0.39, 0.29) is 31.0 Å². The number of benzene rings is 2. The van der Waals surface area contributed by atoms with Crippen molar-refractivity contribution in [1.82, 2.24) is 0 Å². The minimum absolute atomic E-state index is 0. The summed E-state index contributed by atoms with van der Waals surface area (Å²) >= 11 is 11.4. The number of halogens is 1. The van der Waals surface area contributed by atoms with Crippen molar-refractivity contribution >= 4 is 41.2 Å². The molecule has 2 rings (SSSR count). The van der Waals surface area contributed by atoms with Crippen molar-refractivity contribution < 1.29 is 35.8 Å². The molecule has 0 aromatic heterocycles. The van der Waals surface area contributed by atoms with E-state index in [0.29, 0.717) is 5.56 Å². The first-order chi connectivity index (χ1) is 8.16. The average molecular weight is 305 g/mol. The molecule has 0 aliphatic rings. The summed E-state index contributed by atoms with van der Waals surface area (Å²) in [4.78, 5) is 13.9. The average Bonchev–Trinajstić information content (AvgIpc) is 2.33. The normalized spacial score (nSPS) is 9.67. The van der Waals surface area contributed by atoms with Crippen LogP contribution in [0, 0.1) is 0 Å². The third kappa shape index (κ3) is 4.34. The number of hydrogen-bond acceptors (Lipinski definition) is 3. The van der Waals surface area contributed by atoms with Crippen LogP contribution in [0.4, 0.5) is 0 Å². The summed E-state index contributed by atoms with van der Waals surface area (Å²) in [5.74, 6) is 0. The first-order valence-electron chi connectivity index (χ1n) is 4.92. The van der Waals surface area contributed by atoms with Crippen LogP contribution in [0.1, 0.15) is 11.8 Å². The summed E-state index contributed by atoms with van der Waals surface area (Å²) in [6.07, 6.45) is 0. The van der Waals surface area contributed by atoms with Gasteiger partial charge >= 0.3 is 29.6 Å². The van der Waals surface area contributed by atoms with Gasteiger partial charge in [-0.2, -0.15) is 0 Å². The van der Waals surface area contributed by atoms with E-state index in [9.17, 15) is 4.79 Å². The zero-order valence-electron chi connectivity index (χ0n) is 10.8. The van der Waals surface area contributed by atoms with Gasteiger partial charge in [-0.3, -0.25) is 4.79 Å². The van der Waals surface area contributed by atoms with Crippen molar-refractivity contribution in [3.63, 3.8) is 0 Å². The molecule has 5 heteroatoms. The minimum atomic E-state index is -0.451. The summed E-state index contributed by atoms with van der Waals surface area (Å²) in [6, 6.07) is 15.1. The Morgan fingerprint density at radius 2 is 1.83 bits per heavy atom. The van der Waals surface area contributed by atoms with E-state index in [4.69, 9.17) is 11.6 Å². The van der Waals surface area contributed by atoms with Crippen molar-refractivity contribution in [1.29, 1.82) is 0 Å². The molecule has 0 saturated carbocycles. The number of hydrogen-bond donors (Lipinski definition) is 1. The van der Waals surface area contributed by atoms with Gasteiger partial charge in [0.25, 0.3) is 5.24 Å². The van der Waals surface area contributed by atoms with E-state index in [1.54, 1.807) is 30.0 Å². The van der Waals surface area contributed by atoms with E-state index < -0.39 is 5.24 Å². The molecule has 0 unspecified atom stereocenters. The van der Waals surface area contributed by atoms with Crippen molar-refractivity contribution in [2.45, 2.75) is 14.7 Å². The Morgan fingerprint density at radius 1 is 1.17 bits per heavy atom. The van der Waals surface area contributed by atoms with E-state index >= 15 is 0 Å². The fourth-order valence-corrected chi connectivity index (χ4v) is 2.63. The van der Waals surface area contributed by atoms with E-state index in [1.165, 1.54) is 0 Å². The van der Waals surface area contributed by atoms with E-state index in [1.807, 2.05) is 30.3 Å². The van der Waals surface area contributed by atoms with Crippen LogP contribution in [0.15, 0.2) is 63.2 Å². The van der Waals surface area contributed by atoms with Gasteiger partial charge < -0.3 is 1.43 Å². The third-order valence-corrected chi connectivity index (χ3v) is 3.98. The SMILES string of the molecule is O=C(Cl)c1ccc(S)c(Sc2ccccc2)c1.[H-].[Na+]. The molecule has 0 N–H and O–H groups in total. The Balaban J connectivity index is 0.00000162. The first-order valence-corrected chi connectivity index (χ1v) is 6.57. The Labute approximate surface area is 144 Å². The standard InChI is InChI=1S/C13H9ClOS2.Na.H/c14-13(15)9-6-7-11(16)12(8-9)17-10-4-2-1-3-5-10;;/h1-8,16H;;/q;+1;-1. The summed E-state index contributed by atoms with van der Waals surface area (Å²) in [5.41, 5.74) is 0.489. The van der Waals surface area contributed by atoms with Crippen molar-refractivity contribution in [3.05, 3.63) is 54.1 Å². The molecule has 2 aromatic carbocycles. The maximum Gasteiger partial charge on any atom is 1.00 e. The third-order valence-electron chi connectivity index (χ3n) is 2.16. The molecule has 18 heavy (non-hydrogen) atoms. The number of carbonyl (C=O) groups excluding carboxylic acids is 1. The first kappa shape index (κ1) is 16.2. The van der Waals surface area contributed by atoms with Gasteiger partial charge in [-0.15, -0.1) is 12.6 Å². The van der Waals surface area contributed by atoms with Crippen molar-refractivity contribution in [2.24, 2.45) is 0 Å². The van der Waals surface area contributed by atoms with Crippen LogP contribution in [0.5, 0.6) is 0 Å². The van der Waals surface area contributed by atoms with Crippen molar-refractivity contribution in [2.75, 3.05) is 0 Å². The van der Waals surface area contributed by atoms with Gasteiger partial charge in [0, 0.05) is 20.2 Å². The monoisotopic (exact) mass is 304 g/mol. The molecule has 0 bridgehead atoms. The van der Waals surface area contributed by atoms with Crippen LogP contribution in [0.3, 0.4) is 0 Å². The zero-order chi connectivity index (χ0) is 12.3. The molecule has 0 aliphatic carbocycles. The zero-order valence-corrected chi connectivity index (χ0v) is 14.2. The van der Waals surface area contributed by atoms with E-state index in [2.05, 4.69) is 12.6 Å². The van der Waals surface area contributed by atoms with Gasteiger partial charge in [0.1, 0.15) is 0 Å².